The lowest BCUT2D eigenvalue weighted by Gasteiger charge is -2.43. The highest BCUT2D eigenvalue weighted by Crippen LogP contribution is 2.35. The number of hydrogen-bond acceptors (Lipinski definition) is 11. The van der Waals surface area contributed by atoms with Gasteiger partial charge >= 0.3 is 0 Å². The highest BCUT2D eigenvalue weighted by Gasteiger charge is 2.58. The van der Waals surface area contributed by atoms with Crippen molar-refractivity contribution in [3.05, 3.63) is 0 Å². The summed E-state index contributed by atoms with van der Waals surface area (Å²) in [5.41, 5.74) is 0. The molecular formula is C12H22O11. The van der Waals surface area contributed by atoms with E-state index in [-0.39, 0.29) is 0 Å². The summed E-state index contributed by atoms with van der Waals surface area (Å²) in [7, 11) is 0. The third kappa shape index (κ3) is 3.23. The lowest BCUT2D eigenvalue weighted by molar-refractivity contribution is -0.383. The van der Waals surface area contributed by atoms with E-state index in [1.54, 1.807) is 0 Å². The van der Waals surface area contributed by atoms with E-state index in [0.29, 0.717) is 0 Å². The summed E-state index contributed by atoms with van der Waals surface area (Å²) in [6.45, 7) is -2.32. The molecule has 2 fully saturated rings. The summed E-state index contributed by atoms with van der Waals surface area (Å²) in [6.07, 6.45) is -12.7. The maximum atomic E-state index is 10.00. The number of aliphatic hydroxyl groups excluding tert-OH is 8. The zero-order valence-electron chi connectivity index (χ0n) is 12.0. The molecule has 0 aromatic heterocycles. The summed E-state index contributed by atoms with van der Waals surface area (Å²) in [6, 6.07) is 0. The molecule has 11 heteroatoms. The van der Waals surface area contributed by atoms with Crippen LogP contribution < -0.4 is 0 Å². The van der Waals surface area contributed by atoms with Gasteiger partial charge in [0.25, 0.3) is 0 Å². The van der Waals surface area contributed by atoms with E-state index in [1.807, 2.05) is 0 Å². The largest absolute Gasteiger partial charge is 0.394 e. The van der Waals surface area contributed by atoms with Gasteiger partial charge < -0.3 is 55.1 Å². The van der Waals surface area contributed by atoms with Crippen molar-refractivity contribution in [2.75, 3.05) is 19.8 Å². The van der Waals surface area contributed by atoms with Crippen molar-refractivity contribution in [2.24, 2.45) is 0 Å². The van der Waals surface area contributed by atoms with Gasteiger partial charge in [-0.3, -0.25) is 0 Å². The van der Waals surface area contributed by atoms with Crippen molar-refractivity contribution in [3.8, 4) is 0 Å². The Morgan fingerprint density at radius 1 is 0.783 bits per heavy atom. The minimum absolute atomic E-state index is 0.669. The molecule has 0 aliphatic carbocycles. The minimum Gasteiger partial charge on any atom is -0.394 e. The average molecular weight is 342 g/mol. The molecule has 2 rings (SSSR count). The third-order valence-electron chi connectivity index (χ3n) is 4.07. The van der Waals surface area contributed by atoms with Crippen LogP contribution in [0.15, 0.2) is 0 Å². The molecule has 0 spiro atoms. The molecule has 0 radical (unpaired) electrons. The molecule has 9 atom stereocenters. The van der Waals surface area contributed by atoms with Crippen molar-refractivity contribution in [1.29, 1.82) is 0 Å². The van der Waals surface area contributed by atoms with Crippen LogP contribution in [0.1, 0.15) is 0 Å². The first kappa shape index (κ1) is 18.9. The van der Waals surface area contributed by atoms with Gasteiger partial charge in [-0.15, -0.1) is 0 Å². The Morgan fingerprint density at radius 2 is 1.39 bits per heavy atom. The molecule has 2 aliphatic heterocycles. The molecule has 0 bridgehead atoms. The van der Waals surface area contributed by atoms with Crippen LogP contribution >= 0.6 is 0 Å². The fraction of sp³-hybridized carbons (Fsp3) is 1.00. The molecule has 0 aromatic carbocycles. The predicted molar refractivity (Wildman–Crippen MR) is 68.6 cm³/mol. The molecule has 11 nitrogen and oxygen atoms in total. The molecule has 0 amide bonds. The lowest BCUT2D eigenvalue weighted by Crippen LogP contribution is -2.62. The van der Waals surface area contributed by atoms with Crippen molar-refractivity contribution < 1.29 is 55.1 Å². The fourth-order valence-corrected chi connectivity index (χ4v) is 2.63. The zero-order chi connectivity index (χ0) is 17.4. The summed E-state index contributed by atoms with van der Waals surface area (Å²) < 4.78 is 15.4. The van der Waals surface area contributed by atoms with Crippen LogP contribution in [-0.4, -0.2) is 115 Å². The molecule has 0 aromatic rings. The van der Waals surface area contributed by atoms with E-state index < -0.39 is 74.6 Å². The number of hydrogen-bond donors (Lipinski definition) is 8. The van der Waals surface area contributed by atoms with Crippen LogP contribution in [0.2, 0.25) is 0 Å². The molecule has 0 saturated carbocycles. The van der Waals surface area contributed by atoms with Gasteiger partial charge in [-0.1, -0.05) is 0 Å². The molecule has 0 unspecified atom stereocenters. The molecule has 23 heavy (non-hydrogen) atoms. The highest BCUT2D eigenvalue weighted by atomic mass is 16.8. The summed E-state index contributed by atoms with van der Waals surface area (Å²) >= 11 is 0. The number of ether oxygens (including phenoxy) is 3. The number of rotatable bonds is 5. The molecule has 8 N–H and O–H groups in total. The zero-order valence-corrected chi connectivity index (χ0v) is 12.0. The van der Waals surface area contributed by atoms with Gasteiger partial charge in [-0.2, -0.15) is 0 Å². The van der Waals surface area contributed by atoms with E-state index in [4.69, 9.17) is 24.4 Å². The molecule has 2 aliphatic rings. The Labute approximate surface area is 130 Å². The van der Waals surface area contributed by atoms with Gasteiger partial charge in [-0.05, 0) is 0 Å². The second-order valence-corrected chi connectivity index (χ2v) is 5.56. The third-order valence-corrected chi connectivity index (χ3v) is 4.07. The quantitative estimate of drug-likeness (QED) is 0.238. The predicted octanol–water partition coefficient (Wildman–Crippen LogP) is -5.40. The van der Waals surface area contributed by atoms with Gasteiger partial charge in [0.2, 0.25) is 5.79 Å². The van der Waals surface area contributed by atoms with Crippen LogP contribution in [0.25, 0.3) is 0 Å². The van der Waals surface area contributed by atoms with Crippen molar-refractivity contribution in [1.82, 2.24) is 0 Å². The second-order valence-electron chi connectivity index (χ2n) is 5.56. The topological polar surface area (TPSA) is 190 Å². The molecule has 2 heterocycles. The van der Waals surface area contributed by atoms with Crippen molar-refractivity contribution in [3.63, 3.8) is 0 Å². The normalized spacial score (nSPS) is 51.1. The maximum Gasteiger partial charge on any atom is 0.224 e. The monoisotopic (exact) mass is 342 g/mol. The SMILES string of the molecule is OC[C@@H]1O[C@H](O[C@@]2(CO)O[C@H](CO)[C@@H](O)[C@@H]2O)[C@@H](O)[C@@H](O)[C@@H]1O. The molecule has 136 valence electrons. The Balaban J connectivity index is 2.18. The second kappa shape index (κ2) is 7.21. The first-order valence-corrected chi connectivity index (χ1v) is 7.05. The van der Waals surface area contributed by atoms with Crippen molar-refractivity contribution in [2.45, 2.75) is 54.8 Å². The van der Waals surface area contributed by atoms with Crippen LogP contribution in [0.3, 0.4) is 0 Å². The summed E-state index contributed by atoms with van der Waals surface area (Å²) in [5, 5.41) is 76.7. The maximum absolute atomic E-state index is 10.00. The van der Waals surface area contributed by atoms with E-state index in [9.17, 15) is 30.6 Å². The smallest absolute Gasteiger partial charge is 0.224 e. The fourth-order valence-electron chi connectivity index (χ4n) is 2.63. The molecular weight excluding hydrogens is 320 g/mol. The standard InChI is InChI=1S/C12H22O11/c13-1-4-6(16)8(18)9(19)11(21-4)23-12(3-15)10(20)7(17)5(2-14)22-12/h4-11,13-20H,1-3H2/t4-,5+,6+,7+,8-,9-,10-,11+,12+/m0/s1. The van der Waals surface area contributed by atoms with Crippen LogP contribution in [0, 0.1) is 0 Å². The van der Waals surface area contributed by atoms with E-state index in [2.05, 4.69) is 0 Å². The highest BCUT2D eigenvalue weighted by molar-refractivity contribution is 4.98. The summed E-state index contributed by atoms with van der Waals surface area (Å²) in [5.74, 6) is -2.22. The Morgan fingerprint density at radius 3 is 1.87 bits per heavy atom. The van der Waals surface area contributed by atoms with E-state index in [1.165, 1.54) is 0 Å². The first-order chi connectivity index (χ1) is 10.8. The Hall–Kier alpha value is -0.440. The summed E-state index contributed by atoms with van der Waals surface area (Å²) in [4.78, 5) is 0. The lowest BCUT2D eigenvalue weighted by atomic mass is 9.99. The van der Waals surface area contributed by atoms with Gasteiger partial charge in [-0.25, -0.2) is 0 Å². The van der Waals surface area contributed by atoms with Crippen molar-refractivity contribution >= 4 is 0 Å². The van der Waals surface area contributed by atoms with Crippen LogP contribution in [0.4, 0.5) is 0 Å². The average Bonchev–Trinajstić information content (AvgIpc) is 2.80. The van der Waals surface area contributed by atoms with Gasteiger partial charge in [0.05, 0.1) is 13.2 Å². The Kier molecular flexibility index (Phi) is 5.92. The van der Waals surface area contributed by atoms with Crippen LogP contribution in [-0.2, 0) is 14.2 Å². The van der Waals surface area contributed by atoms with E-state index >= 15 is 0 Å². The van der Waals surface area contributed by atoms with Gasteiger partial charge in [0, 0.05) is 0 Å². The van der Waals surface area contributed by atoms with E-state index in [0.717, 1.165) is 0 Å². The minimum atomic E-state index is -2.22. The Bertz CT molecular complexity index is 393. The number of aliphatic hydroxyl groups is 8. The first-order valence-electron chi connectivity index (χ1n) is 7.05. The van der Waals surface area contributed by atoms with Crippen LogP contribution in [0.5, 0.6) is 0 Å². The molecule has 2 saturated heterocycles. The van der Waals surface area contributed by atoms with Gasteiger partial charge in [0.15, 0.2) is 6.29 Å². The van der Waals surface area contributed by atoms with Gasteiger partial charge in [0.1, 0.15) is 49.3 Å².